The van der Waals surface area contributed by atoms with Crippen molar-refractivity contribution in [2.24, 2.45) is 0 Å². The monoisotopic (exact) mass is 696 g/mol. The van der Waals surface area contributed by atoms with Crippen molar-refractivity contribution in [1.82, 2.24) is 14.5 Å². The molecule has 5 heteroatoms. The third-order valence-electron chi connectivity index (χ3n) is 10.8. The average Bonchev–Trinajstić information content (AvgIpc) is 3.73. The standard InChI is InChI=1S/C47H48N4Si/c1-46(2,3)34-18-22-38(23-19-34)52(45-17-10-11-28-48-45,39-24-20-35(21-25-39)47(4,5)6)40-26-27-42-41-15-8-9-16-43(41)51(44(42)32-40)37-14-12-13-36(31-37)50-30-29-49(7)33-50/h8-32H,33H2,1-7H3. The van der Waals surface area contributed by atoms with Crippen LogP contribution in [0, 0.1) is 0 Å². The van der Waals surface area contributed by atoms with Gasteiger partial charge in [-0.15, -0.1) is 0 Å². The molecule has 0 saturated heterocycles. The number of hydrogen-bond donors (Lipinski definition) is 0. The molecule has 2 aromatic heterocycles. The lowest BCUT2D eigenvalue weighted by Gasteiger charge is -2.34. The number of anilines is 1. The molecule has 0 unspecified atom stereocenters. The van der Waals surface area contributed by atoms with Crippen molar-refractivity contribution in [3.63, 3.8) is 0 Å². The van der Waals surface area contributed by atoms with E-state index in [-0.39, 0.29) is 10.8 Å². The van der Waals surface area contributed by atoms with Crippen LogP contribution in [0.4, 0.5) is 5.69 Å². The normalized spacial score (nSPS) is 13.8. The molecular formula is C47H48N4Si. The summed E-state index contributed by atoms with van der Waals surface area (Å²) in [5.74, 6) is 0. The highest BCUT2D eigenvalue weighted by Gasteiger charge is 2.43. The second-order valence-electron chi connectivity index (χ2n) is 16.4. The van der Waals surface area contributed by atoms with E-state index >= 15 is 0 Å². The highest BCUT2D eigenvalue weighted by molar-refractivity contribution is 7.19. The van der Waals surface area contributed by atoms with Gasteiger partial charge in [0, 0.05) is 53.1 Å². The molecule has 1 aliphatic heterocycles. The molecule has 0 saturated carbocycles. The van der Waals surface area contributed by atoms with Gasteiger partial charge in [-0.05, 0) is 80.0 Å². The van der Waals surface area contributed by atoms with Crippen LogP contribution in [0.2, 0.25) is 0 Å². The first kappa shape index (κ1) is 33.7. The molecule has 4 nitrogen and oxygen atoms in total. The molecule has 0 N–H and O–H groups in total. The Bertz CT molecular complexity index is 2350. The van der Waals surface area contributed by atoms with E-state index in [1.165, 1.54) is 54.2 Å². The van der Waals surface area contributed by atoms with Crippen molar-refractivity contribution in [2.45, 2.75) is 52.4 Å². The van der Waals surface area contributed by atoms with Gasteiger partial charge in [0.15, 0.2) is 0 Å². The molecule has 0 fully saturated rings. The van der Waals surface area contributed by atoms with Crippen molar-refractivity contribution in [2.75, 3.05) is 18.6 Å². The van der Waals surface area contributed by atoms with Crippen molar-refractivity contribution in [3.05, 3.63) is 163 Å². The van der Waals surface area contributed by atoms with Crippen LogP contribution in [0.15, 0.2) is 152 Å². The lowest BCUT2D eigenvalue weighted by molar-refractivity contribution is 0.496. The summed E-state index contributed by atoms with van der Waals surface area (Å²) in [6, 6.07) is 50.4. The fraction of sp³-hybridized carbons (Fsp3) is 0.213. The Hall–Kier alpha value is -5.39. The van der Waals surface area contributed by atoms with E-state index in [1.807, 2.05) is 12.3 Å². The highest BCUT2D eigenvalue weighted by atomic mass is 28.3. The second-order valence-corrected chi connectivity index (χ2v) is 20.1. The number of para-hydroxylation sites is 1. The lowest BCUT2D eigenvalue weighted by Crippen LogP contribution is -2.75. The predicted octanol–water partition coefficient (Wildman–Crippen LogP) is 8.33. The van der Waals surface area contributed by atoms with Gasteiger partial charge in [-0.1, -0.05) is 133 Å². The quantitative estimate of drug-likeness (QED) is 0.129. The Balaban J connectivity index is 1.43. The van der Waals surface area contributed by atoms with Crippen LogP contribution < -0.4 is 25.8 Å². The Kier molecular flexibility index (Phi) is 8.22. The Labute approximate surface area is 309 Å². The zero-order chi connectivity index (χ0) is 36.3. The van der Waals surface area contributed by atoms with Gasteiger partial charge in [0.1, 0.15) is 0 Å². The third-order valence-corrected chi connectivity index (χ3v) is 15.5. The maximum atomic E-state index is 5.23. The van der Waals surface area contributed by atoms with Crippen LogP contribution >= 0.6 is 0 Å². The molecule has 52 heavy (non-hydrogen) atoms. The Morgan fingerprint density at radius 3 is 1.73 bits per heavy atom. The van der Waals surface area contributed by atoms with E-state index < -0.39 is 8.07 Å². The van der Waals surface area contributed by atoms with Crippen LogP contribution in [0.3, 0.4) is 0 Å². The molecule has 3 heterocycles. The van der Waals surface area contributed by atoms with Crippen molar-refractivity contribution >= 4 is 56.4 Å². The van der Waals surface area contributed by atoms with Gasteiger partial charge >= 0.3 is 0 Å². The van der Waals surface area contributed by atoms with E-state index in [0.717, 1.165) is 17.7 Å². The largest absolute Gasteiger partial charge is 0.361 e. The molecule has 0 bridgehead atoms. The summed E-state index contributed by atoms with van der Waals surface area (Å²) in [5, 5.41) is 7.62. The summed E-state index contributed by atoms with van der Waals surface area (Å²) in [6.45, 7) is 14.6. The maximum absolute atomic E-state index is 5.23. The average molecular weight is 697 g/mol. The first-order chi connectivity index (χ1) is 24.9. The van der Waals surface area contributed by atoms with Crippen LogP contribution in [-0.2, 0) is 10.8 Å². The molecule has 0 spiro atoms. The molecule has 1 aliphatic rings. The molecule has 5 aromatic carbocycles. The number of benzene rings is 5. The zero-order valence-corrected chi connectivity index (χ0v) is 32.4. The number of fused-ring (bicyclic) bond motifs is 3. The van der Waals surface area contributed by atoms with Gasteiger partial charge in [-0.25, -0.2) is 0 Å². The SMILES string of the molecule is CN1C=CN(c2cccc(-n3c4ccccc4c4ccc([Si](c5ccc(C(C)(C)C)cc5)(c5ccc(C(C)(C)C)cc5)c5ccccn5)cc43)c2)C1. The van der Waals surface area contributed by atoms with Gasteiger partial charge in [-0.2, -0.15) is 0 Å². The summed E-state index contributed by atoms with van der Waals surface area (Å²) in [4.78, 5) is 9.72. The summed E-state index contributed by atoms with van der Waals surface area (Å²) >= 11 is 0. The van der Waals surface area contributed by atoms with E-state index in [1.54, 1.807) is 0 Å². The van der Waals surface area contributed by atoms with E-state index in [9.17, 15) is 0 Å². The molecule has 8 rings (SSSR count). The summed E-state index contributed by atoms with van der Waals surface area (Å²) in [6.07, 6.45) is 6.25. The molecule has 0 radical (unpaired) electrons. The van der Waals surface area contributed by atoms with E-state index in [2.05, 4.69) is 203 Å². The van der Waals surface area contributed by atoms with Crippen LogP contribution in [0.25, 0.3) is 27.5 Å². The molecule has 7 aromatic rings. The topological polar surface area (TPSA) is 24.3 Å². The first-order valence-corrected chi connectivity index (χ1v) is 20.4. The summed E-state index contributed by atoms with van der Waals surface area (Å²) < 4.78 is 2.46. The fourth-order valence-electron chi connectivity index (χ4n) is 7.96. The zero-order valence-electron chi connectivity index (χ0n) is 31.4. The van der Waals surface area contributed by atoms with E-state index in [4.69, 9.17) is 4.98 Å². The number of nitrogens with zero attached hydrogens (tertiary/aromatic N) is 4. The van der Waals surface area contributed by atoms with Crippen LogP contribution in [-0.4, -0.2) is 36.2 Å². The van der Waals surface area contributed by atoms with Gasteiger partial charge in [0.05, 0.1) is 17.7 Å². The van der Waals surface area contributed by atoms with Crippen LogP contribution in [0.5, 0.6) is 0 Å². The Morgan fingerprint density at radius 2 is 1.13 bits per heavy atom. The fourth-order valence-corrected chi connectivity index (χ4v) is 12.5. The van der Waals surface area contributed by atoms with Gasteiger partial charge in [0.25, 0.3) is 0 Å². The molecular weight excluding hydrogens is 649 g/mol. The first-order valence-electron chi connectivity index (χ1n) is 18.4. The number of aromatic nitrogens is 2. The molecule has 0 amide bonds. The van der Waals surface area contributed by atoms with Crippen LogP contribution in [0.1, 0.15) is 52.7 Å². The molecule has 0 atom stereocenters. The third kappa shape index (κ3) is 5.74. The van der Waals surface area contributed by atoms with Crippen molar-refractivity contribution in [1.29, 1.82) is 0 Å². The predicted molar refractivity (Wildman–Crippen MR) is 224 cm³/mol. The van der Waals surface area contributed by atoms with Gasteiger partial charge in [0.2, 0.25) is 8.07 Å². The molecule has 260 valence electrons. The van der Waals surface area contributed by atoms with Crippen molar-refractivity contribution in [3.8, 4) is 5.69 Å². The van der Waals surface area contributed by atoms with Gasteiger partial charge in [-0.3, -0.25) is 4.98 Å². The number of hydrogen-bond acceptors (Lipinski definition) is 3. The minimum absolute atomic E-state index is 0.0523. The maximum Gasteiger partial charge on any atom is 0.201 e. The smallest absolute Gasteiger partial charge is 0.201 e. The number of pyridine rings is 1. The molecule has 0 aliphatic carbocycles. The Morgan fingerprint density at radius 1 is 0.538 bits per heavy atom. The number of rotatable bonds is 6. The minimum Gasteiger partial charge on any atom is -0.361 e. The minimum atomic E-state index is -2.94. The second kappa shape index (κ2) is 12.7. The van der Waals surface area contributed by atoms with Gasteiger partial charge < -0.3 is 14.4 Å². The van der Waals surface area contributed by atoms with E-state index in [0.29, 0.717) is 0 Å². The summed E-state index contributed by atoms with van der Waals surface area (Å²) in [5.41, 5.74) is 7.50. The van der Waals surface area contributed by atoms with Crippen molar-refractivity contribution < 1.29 is 0 Å². The lowest BCUT2D eigenvalue weighted by atomic mass is 9.87. The highest BCUT2D eigenvalue weighted by Crippen LogP contribution is 2.34. The summed E-state index contributed by atoms with van der Waals surface area (Å²) in [7, 11) is -0.830.